The largest absolute Gasteiger partial charge is 0.497 e. The number of carbonyl (C=O) groups is 3. The van der Waals surface area contributed by atoms with E-state index in [0.29, 0.717) is 40.7 Å². The summed E-state index contributed by atoms with van der Waals surface area (Å²) >= 11 is 25.9. The van der Waals surface area contributed by atoms with Gasteiger partial charge in [-0.2, -0.15) is 0 Å². The first-order valence-corrected chi connectivity index (χ1v) is 49.5. The maximum atomic E-state index is 11.5. The van der Waals surface area contributed by atoms with E-state index in [0.717, 1.165) is 200 Å². The van der Waals surface area contributed by atoms with Crippen LogP contribution >= 0.6 is 69.9 Å². The van der Waals surface area contributed by atoms with Crippen molar-refractivity contribution < 1.29 is 77.8 Å². The number of aromatic nitrogens is 4. The average molecular weight is 2020 g/mol. The fraction of sp³-hybridized carbons (Fsp3) is 0.330. The third-order valence-electron chi connectivity index (χ3n) is 23.0. The lowest BCUT2D eigenvalue weighted by atomic mass is 10.0. The van der Waals surface area contributed by atoms with Crippen LogP contribution in [0, 0.1) is 20.2 Å². The van der Waals surface area contributed by atoms with Crippen LogP contribution in [0.25, 0.3) is 0 Å². The third kappa shape index (κ3) is 35.4. The minimum absolute atomic E-state index is 0.105. The van der Waals surface area contributed by atoms with Gasteiger partial charge in [0.1, 0.15) is 35.9 Å². The van der Waals surface area contributed by atoms with E-state index >= 15 is 0 Å². The fourth-order valence-electron chi connectivity index (χ4n) is 15.6. The van der Waals surface area contributed by atoms with Gasteiger partial charge in [-0.15, -0.1) is 23.5 Å². The summed E-state index contributed by atoms with van der Waals surface area (Å²) in [7, 11) is 3.00. The highest BCUT2D eigenvalue weighted by Gasteiger charge is 2.35. The molecule has 4 fully saturated rings. The Bertz CT molecular complexity index is 5310. The molecule has 7 N–H and O–H groups in total. The van der Waals surface area contributed by atoms with Gasteiger partial charge in [0.25, 0.3) is 11.4 Å². The van der Waals surface area contributed by atoms with Gasteiger partial charge in [0.05, 0.1) is 98.2 Å². The van der Waals surface area contributed by atoms with Gasteiger partial charge in [-0.1, -0.05) is 168 Å². The average Bonchev–Trinajstić information content (AvgIpc) is 0.837. The smallest absolute Gasteiger partial charge is 0.334 e. The van der Waals surface area contributed by atoms with E-state index in [9.17, 15) is 44.8 Å². The number of carboxylic acid groups (broad SMARTS) is 2. The van der Waals surface area contributed by atoms with Gasteiger partial charge < -0.3 is 74.4 Å². The molecule has 0 amide bonds. The van der Waals surface area contributed by atoms with Crippen molar-refractivity contribution in [2.75, 3.05) is 79.7 Å². The predicted molar refractivity (Wildman–Crippen MR) is 544 cm³/mol. The molecule has 12 aromatic rings. The number of pyridine rings is 4. The molecule has 34 heteroatoms. The number of thioether (sulfide) groups is 2. The quantitative estimate of drug-likeness (QED) is 0.00839. The number of ether oxygens (including phenoxy) is 7. The highest BCUT2D eigenvalue weighted by Crippen LogP contribution is 2.45. The number of para-hydroxylation sites is 2. The number of aliphatic hydroxyl groups excluding tert-OH is 2. The maximum Gasteiger partial charge on any atom is 0.334 e. The highest BCUT2D eigenvalue weighted by molar-refractivity contribution is 8.00. The number of carbonyl (C=O) groups excluding carboxylic acids is 1. The number of piperidine rings is 4. The van der Waals surface area contributed by atoms with E-state index in [-0.39, 0.29) is 76.0 Å². The summed E-state index contributed by atoms with van der Waals surface area (Å²) in [5.41, 5.74) is 8.84. The van der Waals surface area contributed by atoms with Crippen LogP contribution in [0.15, 0.2) is 301 Å². The van der Waals surface area contributed by atoms with Crippen molar-refractivity contribution in [3.05, 3.63) is 388 Å². The minimum atomic E-state index is -1.72. The van der Waals surface area contributed by atoms with Gasteiger partial charge in [0.15, 0.2) is 12.2 Å². The second-order valence-electron chi connectivity index (χ2n) is 32.7. The van der Waals surface area contributed by atoms with E-state index in [1.165, 1.54) is 50.6 Å². The molecule has 0 bridgehead atoms. The molecular weight excluding hydrogens is 1910 g/mol. The highest BCUT2D eigenvalue weighted by atomic mass is 35.5. The molecule has 8 heterocycles. The normalized spacial score (nSPS) is 15.8. The first kappa shape index (κ1) is 109. The number of nitro benzene ring substituents is 2. The Balaban J connectivity index is 0.000000161. The summed E-state index contributed by atoms with van der Waals surface area (Å²) in [6.07, 6.45) is 13.7. The predicted octanol–water partition coefficient (Wildman–Crippen LogP) is 21.2. The molecule has 4 aliphatic rings. The molecule has 0 spiro atoms. The zero-order valence-electron chi connectivity index (χ0n) is 77.7. The number of likely N-dealkylation sites (tertiary alicyclic amines) is 1. The molecular formula is C106H116Cl4N10O18S2. The van der Waals surface area contributed by atoms with Gasteiger partial charge in [0.2, 0.25) is 0 Å². The molecule has 4 saturated heterocycles. The van der Waals surface area contributed by atoms with Gasteiger partial charge >= 0.3 is 17.9 Å². The number of nitrogens with one attached hydrogen (secondary N) is 3. The molecule has 4 aliphatic heterocycles. The van der Waals surface area contributed by atoms with Crippen molar-refractivity contribution in [3.63, 3.8) is 0 Å². The van der Waals surface area contributed by atoms with Crippen molar-refractivity contribution in [2.45, 2.75) is 152 Å². The van der Waals surface area contributed by atoms with E-state index < -0.39 is 44.5 Å². The molecule has 16 rings (SSSR count). The van der Waals surface area contributed by atoms with Crippen LogP contribution in [0.2, 0.25) is 20.1 Å². The Morgan fingerprint density at radius 2 is 0.671 bits per heavy atom. The number of nitro groups is 2. The topological polar surface area (TPSA) is 374 Å². The van der Waals surface area contributed by atoms with Crippen LogP contribution in [0.1, 0.15) is 162 Å². The lowest BCUT2D eigenvalue weighted by molar-refractivity contribution is -0.387. The zero-order valence-corrected chi connectivity index (χ0v) is 82.4. The number of benzene rings is 8. The van der Waals surface area contributed by atoms with E-state index in [1.54, 1.807) is 66.9 Å². The number of halogens is 4. The number of carboxylic acids is 2. The van der Waals surface area contributed by atoms with Gasteiger partial charge in [-0.05, 0) is 277 Å². The number of hydrogen-bond acceptors (Lipinski definition) is 26. The molecule has 738 valence electrons. The number of aliphatic carboxylic acids is 2. The van der Waals surface area contributed by atoms with Crippen LogP contribution < -0.4 is 25.4 Å². The summed E-state index contributed by atoms with van der Waals surface area (Å²) in [5, 5.41) is 71.8. The molecule has 8 aromatic carbocycles. The van der Waals surface area contributed by atoms with E-state index in [1.807, 2.05) is 195 Å². The Kier molecular flexibility index (Phi) is 45.8. The summed E-state index contributed by atoms with van der Waals surface area (Å²) in [6.45, 7) is 11.2. The molecule has 140 heavy (non-hydrogen) atoms. The minimum Gasteiger partial charge on any atom is -0.497 e. The zero-order chi connectivity index (χ0) is 99.3. The number of aliphatic hydroxyl groups is 2. The lowest BCUT2D eigenvalue weighted by Gasteiger charge is -2.34. The van der Waals surface area contributed by atoms with E-state index in [4.69, 9.17) is 89.8 Å². The van der Waals surface area contributed by atoms with Crippen LogP contribution in [-0.2, 0) is 38.1 Å². The first-order chi connectivity index (χ1) is 68.0. The second kappa shape index (κ2) is 58.8. The molecule has 8 atom stereocenters. The second-order valence-corrected chi connectivity index (χ2v) is 36.8. The van der Waals surface area contributed by atoms with Gasteiger partial charge in [0, 0.05) is 76.5 Å². The number of hydrogen-bond donors (Lipinski definition) is 7. The fourth-order valence-corrected chi connectivity index (χ4v) is 18.6. The van der Waals surface area contributed by atoms with Crippen molar-refractivity contribution in [1.29, 1.82) is 0 Å². The summed E-state index contributed by atoms with van der Waals surface area (Å²) < 4.78 is 40.7. The molecule has 4 aromatic heterocycles. The van der Waals surface area contributed by atoms with E-state index in [2.05, 4.69) is 40.8 Å². The molecule has 0 radical (unpaired) electrons. The molecule has 0 saturated carbocycles. The van der Waals surface area contributed by atoms with Crippen LogP contribution in [0.5, 0.6) is 11.5 Å². The lowest BCUT2D eigenvalue weighted by Crippen LogP contribution is -2.38. The molecule has 0 aliphatic carbocycles. The number of rotatable bonds is 35. The SMILES string of the molecule is CCOC(=O)CCCN1CCC(O[C@@H](c2ccc(Cl)cc2)c2ccccn2)CC1.COc1ccc([C@@H](Sc2ccccc2[N+](=O)[O-])[C@H](O)C(=O)O)cc1.COc1ccc([C@@H](Sc2ccccc2[N+](=O)[O-])[C@H](O)C(=O)O)cc1.Clc1ccc(C(OC2CCNCC2)c2ccccn2)cc1.Clc1ccc([C@H](OC2CCNCC2)c2ccccn2)cc1.Clc1ccc([C@H](OC2CCNCC2)c2ccccn2)cc1. The van der Waals surface area contributed by atoms with Crippen molar-refractivity contribution in [2.24, 2.45) is 0 Å². The Morgan fingerprint density at radius 1 is 0.400 bits per heavy atom. The Morgan fingerprint density at radius 3 is 0.929 bits per heavy atom. The number of nitrogens with zero attached hydrogens (tertiary/aromatic N) is 7. The maximum absolute atomic E-state index is 11.5. The van der Waals surface area contributed by atoms with Crippen LogP contribution in [-0.4, -0.2) is 189 Å². The van der Waals surface area contributed by atoms with Crippen molar-refractivity contribution in [3.8, 4) is 11.5 Å². The first-order valence-electron chi connectivity index (χ1n) is 46.2. The number of methoxy groups -OCH3 is 2. The molecule has 28 nitrogen and oxygen atoms in total. The van der Waals surface area contributed by atoms with Crippen molar-refractivity contribution in [1.82, 2.24) is 40.8 Å². The third-order valence-corrected chi connectivity index (χ3v) is 26.8. The van der Waals surface area contributed by atoms with Gasteiger partial charge in [-0.25, -0.2) is 9.59 Å². The summed E-state index contributed by atoms with van der Waals surface area (Å²) in [6, 6.07) is 80.0. The number of esters is 1. The monoisotopic (exact) mass is 2020 g/mol. The standard InChI is InChI=1S/C23H29ClN2O3.3C17H19ClN2O.2C16H15NO6S/c1-2-28-22(27)7-5-15-26-16-12-20(13-17-26)29-23(21-6-3-4-14-25-21)18-8-10-19(24)11-9-18;3*18-14-6-4-13(5-7-14)17(16-3-1-2-10-20-16)21-15-8-11-19-12-9-15;2*1-23-11-8-6-10(7-9-11)15(14(18)16(19)20)24-13-5-3-2-4-12(13)17(21)22/h3-4,6,8-11,14,20,23H,2,5,7,12-13,15-17H2,1H3;3*1-7,10,15,17,19H,8-9,11-12H2;2*2-9,14-15,18H,1H3,(H,19,20)/t23-;2*17-;;2*14-,15+/m000.00/s1. The van der Waals surface area contributed by atoms with Crippen LogP contribution in [0.3, 0.4) is 0 Å². The Labute approximate surface area is 843 Å². The molecule has 1 unspecified atom stereocenters. The van der Waals surface area contributed by atoms with Gasteiger partial charge in [-0.3, -0.25) is 45.0 Å². The Hall–Kier alpha value is -11.4. The summed E-state index contributed by atoms with van der Waals surface area (Å²) in [5.74, 6) is -1.74. The van der Waals surface area contributed by atoms with Crippen molar-refractivity contribution >= 4 is 99.2 Å². The van der Waals surface area contributed by atoms with Crippen LogP contribution in [0.4, 0.5) is 11.4 Å². The summed E-state index contributed by atoms with van der Waals surface area (Å²) in [4.78, 5) is 76.0.